The van der Waals surface area contributed by atoms with Crippen molar-refractivity contribution >= 4 is 23.3 Å². The van der Waals surface area contributed by atoms with Crippen molar-refractivity contribution in [3.8, 4) is 34.6 Å². The average Bonchev–Trinajstić information content (AvgIpc) is 3.28. The number of pyridine rings is 3. The first kappa shape index (κ1) is 26.7. The molecule has 0 fully saturated rings. The van der Waals surface area contributed by atoms with E-state index >= 15 is 0 Å². The highest BCUT2D eigenvalue weighted by molar-refractivity contribution is 7.12. The number of aromatic nitrogens is 3. The van der Waals surface area contributed by atoms with Gasteiger partial charge in [-0.05, 0) is 62.2 Å². The summed E-state index contributed by atoms with van der Waals surface area (Å²) < 4.78 is 0. The molecule has 192 valence electrons. The van der Waals surface area contributed by atoms with Crippen LogP contribution in [0.1, 0.15) is 74.2 Å². The molecule has 2 N–H and O–H groups in total. The summed E-state index contributed by atoms with van der Waals surface area (Å²) in [5.74, 6) is 4.28. The molecule has 4 rings (SSSR count). The van der Waals surface area contributed by atoms with Crippen LogP contribution in [0.5, 0.6) is 0 Å². The summed E-state index contributed by atoms with van der Waals surface area (Å²) in [5, 5.41) is 19.0. The molecule has 4 aromatic rings. The third-order valence-electron chi connectivity index (χ3n) is 5.90. The van der Waals surface area contributed by atoms with Gasteiger partial charge in [0.1, 0.15) is 0 Å². The summed E-state index contributed by atoms with van der Waals surface area (Å²) in [6.07, 6.45) is 8.81. The van der Waals surface area contributed by atoms with Crippen molar-refractivity contribution in [3.05, 3.63) is 86.9 Å². The highest BCUT2D eigenvalue weighted by Crippen LogP contribution is 2.25. The van der Waals surface area contributed by atoms with Crippen LogP contribution in [0.4, 0.5) is 0 Å². The summed E-state index contributed by atoms with van der Waals surface area (Å²) in [6, 6.07) is 11.2. The summed E-state index contributed by atoms with van der Waals surface area (Å²) in [4.78, 5) is 38.9. The predicted molar refractivity (Wildman–Crippen MR) is 147 cm³/mol. The first-order chi connectivity index (χ1) is 18.3. The minimum atomic E-state index is -1.14. The molecule has 38 heavy (non-hydrogen) atoms. The topological polar surface area (TPSA) is 113 Å². The molecule has 0 aliphatic carbocycles. The lowest BCUT2D eigenvalue weighted by molar-refractivity contribution is 0.0686. The van der Waals surface area contributed by atoms with Gasteiger partial charge in [0, 0.05) is 33.3 Å². The monoisotopic (exact) mass is 525 g/mol. The van der Waals surface area contributed by atoms with Gasteiger partial charge in [-0.2, -0.15) is 0 Å². The molecule has 0 bridgehead atoms. The number of thiophene rings is 1. The molecule has 0 spiro atoms. The van der Waals surface area contributed by atoms with E-state index in [4.69, 9.17) is 0 Å². The maximum atomic E-state index is 11.8. The summed E-state index contributed by atoms with van der Waals surface area (Å²) >= 11 is 1.79. The summed E-state index contributed by atoms with van der Waals surface area (Å²) in [7, 11) is 0. The van der Waals surface area contributed by atoms with Crippen LogP contribution in [0.3, 0.4) is 0 Å². The van der Waals surface area contributed by atoms with Crippen LogP contribution in [0.2, 0.25) is 0 Å². The van der Waals surface area contributed by atoms with Gasteiger partial charge in [0.05, 0.1) is 33.9 Å². The van der Waals surface area contributed by atoms with Crippen LogP contribution in [0.25, 0.3) is 22.8 Å². The van der Waals surface area contributed by atoms with E-state index < -0.39 is 11.9 Å². The standard InChI is InChI=1S/C30H27N3O4S/c1-3-4-5-6-7-28-21(14-19(2)38-28)9-8-20-10-12-31-24(15-20)26-17-23(30(36)37)18-27(33-26)25-16-22(29(34)35)11-13-32-25/h10-18H,3-7H2,1-2H3,(H,34,35)(H,36,37). The molecule has 0 aliphatic heterocycles. The van der Waals surface area contributed by atoms with Crippen LogP contribution in [0, 0.1) is 18.8 Å². The van der Waals surface area contributed by atoms with Gasteiger partial charge in [-0.1, -0.05) is 38.0 Å². The highest BCUT2D eigenvalue weighted by atomic mass is 32.1. The van der Waals surface area contributed by atoms with E-state index in [9.17, 15) is 19.8 Å². The number of rotatable bonds is 9. The number of unbranched alkanes of at least 4 members (excludes halogenated alkanes) is 3. The molecule has 0 saturated carbocycles. The van der Waals surface area contributed by atoms with E-state index in [2.05, 4.69) is 46.7 Å². The highest BCUT2D eigenvalue weighted by Gasteiger charge is 2.15. The lowest BCUT2D eigenvalue weighted by Crippen LogP contribution is -2.02. The number of nitrogens with zero attached hydrogens (tertiary/aromatic N) is 3. The third kappa shape index (κ3) is 6.69. The molecule has 4 heterocycles. The number of hydrogen-bond donors (Lipinski definition) is 2. The third-order valence-corrected chi connectivity index (χ3v) is 7.01. The fourth-order valence-electron chi connectivity index (χ4n) is 3.97. The molecule has 0 radical (unpaired) electrons. The lowest BCUT2D eigenvalue weighted by atomic mass is 10.1. The number of hydrogen-bond acceptors (Lipinski definition) is 6. The van der Waals surface area contributed by atoms with Crippen molar-refractivity contribution in [2.45, 2.75) is 46.0 Å². The lowest BCUT2D eigenvalue weighted by Gasteiger charge is -2.07. The van der Waals surface area contributed by atoms with Gasteiger partial charge >= 0.3 is 11.9 Å². The van der Waals surface area contributed by atoms with Gasteiger partial charge in [0.25, 0.3) is 0 Å². The smallest absolute Gasteiger partial charge is 0.335 e. The van der Waals surface area contributed by atoms with E-state index in [1.54, 1.807) is 29.7 Å². The molecule has 0 saturated heterocycles. The minimum absolute atomic E-state index is 0.00715. The van der Waals surface area contributed by atoms with Gasteiger partial charge in [0.2, 0.25) is 0 Å². The Balaban J connectivity index is 1.67. The van der Waals surface area contributed by atoms with Crippen molar-refractivity contribution in [3.63, 3.8) is 0 Å². The Morgan fingerprint density at radius 2 is 1.47 bits per heavy atom. The maximum absolute atomic E-state index is 11.8. The molecular formula is C30H27N3O4S. The van der Waals surface area contributed by atoms with Gasteiger partial charge < -0.3 is 10.2 Å². The normalized spacial score (nSPS) is 10.6. The molecule has 4 aromatic heterocycles. The van der Waals surface area contributed by atoms with Crippen LogP contribution in [-0.4, -0.2) is 37.1 Å². The number of aromatic carboxylic acids is 2. The van der Waals surface area contributed by atoms with Gasteiger partial charge in [-0.15, -0.1) is 11.3 Å². The largest absolute Gasteiger partial charge is 0.478 e. The Kier molecular flexibility index (Phi) is 8.62. The van der Waals surface area contributed by atoms with Crippen molar-refractivity contribution in [2.75, 3.05) is 0 Å². The second kappa shape index (κ2) is 12.3. The minimum Gasteiger partial charge on any atom is -0.478 e. The summed E-state index contributed by atoms with van der Waals surface area (Å²) in [6.45, 7) is 4.30. The van der Waals surface area contributed by atoms with Gasteiger partial charge in [0.15, 0.2) is 0 Å². The first-order valence-electron chi connectivity index (χ1n) is 12.4. The van der Waals surface area contributed by atoms with Crippen molar-refractivity contribution < 1.29 is 19.8 Å². The van der Waals surface area contributed by atoms with E-state index in [0.29, 0.717) is 11.4 Å². The maximum Gasteiger partial charge on any atom is 0.335 e. The molecule has 7 nitrogen and oxygen atoms in total. The van der Waals surface area contributed by atoms with E-state index in [1.165, 1.54) is 59.5 Å². The van der Waals surface area contributed by atoms with Crippen LogP contribution in [-0.2, 0) is 6.42 Å². The fourth-order valence-corrected chi connectivity index (χ4v) is 5.01. The van der Waals surface area contributed by atoms with Gasteiger partial charge in [-0.3, -0.25) is 9.97 Å². The zero-order chi connectivity index (χ0) is 27.1. The second-order valence-corrected chi connectivity index (χ2v) is 10.2. The molecule has 0 atom stereocenters. The SMILES string of the molecule is CCCCCCc1sc(C)cc1C#Cc1ccnc(-c2cc(C(=O)O)cc(-c3cc(C(=O)O)ccn3)n2)c1. The molecule has 0 amide bonds. The second-order valence-electron chi connectivity index (χ2n) is 8.85. The van der Waals surface area contributed by atoms with Crippen molar-refractivity contribution in [1.82, 2.24) is 15.0 Å². The van der Waals surface area contributed by atoms with Crippen molar-refractivity contribution in [1.29, 1.82) is 0 Å². The van der Waals surface area contributed by atoms with Crippen LogP contribution < -0.4 is 0 Å². The predicted octanol–water partition coefficient (Wildman–Crippen LogP) is 6.49. The number of carboxylic acid groups (broad SMARTS) is 2. The van der Waals surface area contributed by atoms with E-state index in [-0.39, 0.29) is 22.5 Å². The summed E-state index contributed by atoms with van der Waals surface area (Å²) in [5.41, 5.74) is 3.07. The number of carboxylic acids is 2. The first-order valence-corrected chi connectivity index (χ1v) is 13.2. The quantitative estimate of drug-likeness (QED) is 0.190. The fraction of sp³-hybridized carbons (Fsp3) is 0.233. The Morgan fingerprint density at radius 3 is 2.16 bits per heavy atom. The average molecular weight is 526 g/mol. The molecular weight excluding hydrogens is 498 g/mol. The Bertz CT molecular complexity index is 1550. The Morgan fingerprint density at radius 1 is 0.816 bits per heavy atom. The zero-order valence-corrected chi connectivity index (χ0v) is 22.0. The molecule has 8 heteroatoms. The number of aryl methyl sites for hydroxylation is 2. The molecule has 0 aromatic carbocycles. The van der Waals surface area contributed by atoms with Crippen LogP contribution >= 0.6 is 11.3 Å². The van der Waals surface area contributed by atoms with Gasteiger partial charge in [-0.25, -0.2) is 14.6 Å². The van der Waals surface area contributed by atoms with E-state index in [0.717, 1.165) is 24.0 Å². The number of carbonyl (C=O) groups is 2. The Hall–Kier alpha value is -4.35. The van der Waals surface area contributed by atoms with E-state index in [1.807, 2.05) is 0 Å². The molecule has 0 aliphatic rings. The zero-order valence-electron chi connectivity index (χ0n) is 21.2. The Labute approximate surface area is 225 Å². The molecule has 0 unspecified atom stereocenters. The van der Waals surface area contributed by atoms with Crippen molar-refractivity contribution in [2.24, 2.45) is 0 Å². The van der Waals surface area contributed by atoms with Crippen LogP contribution in [0.15, 0.2) is 54.9 Å².